The number of fused-ring (bicyclic) bond motifs is 2. The lowest BCUT2D eigenvalue weighted by Crippen LogP contribution is -2.36. The van der Waals surface area contributed by atoms with Crippen LogP contribution in [0.2, 0.25) is 10.0 Å². The molecule has 0 saturated heterocycles. The van der Waals surface area contributed by atoms with E-state index in [1.807, 2.05) is 31.1 Å². The highest BCUT2D eigenvalue weighted by molar-refractivity contribution is 7.22. The summed E-state index contributed by atoms with van der Waals surface area (Å²) in [7, 11) is 3.92. The zero-order valence-electron chi connectivity index (χ0n) is 16.4. The summed E-state index contributed by atoms with van der Waals surface area (Å²) in [6.45, 7) is 2.19. The van der Waals surface area contributed by atoms with Crippen LogP contribution >= 0.6 is 46.9 Å². The SMILES string of the molecule is CN(C)CCN(C(=O)c1cc(Cl)cc(Cl)c1)c1nc2cc3c(cc2s1)OCCO3.Cl. The number of benzene rings is 2. The molecule has 0 fully saturated rings. The lowest BCUT2D eigenvalue weighted by atomic mass is 10.2. The first-order valence-corrected chi connectivity index (χ1v) is 10.6. The Kier molecular flexibility index (Phi) is 7.31. The zero-order valence-corrected chi connectivity index (χ0v) is 19.5. The number of halogens is 3. The molecule has 10 heteroatoms. The third kappa shape index (κ3) is 4.92. The first kappa shape index (κ1) is 22.9. The lowest BCUT2D eigenvalue weighted by molar-refractivity contribution is 0.0985. The van der Waals surface area contributed by atoms with Crippen molar-refractivity contribution >= 4 is 68.2 Å². The highest BCUT2D eigenvalue weighted by atomic mass is 35.5. The number of nitrogens with zero attached hydrogens (tertiary/aromatic N) is 3. The van der Waals surface area contributed by atoms with Gasteiger partial charge in [-0.25, -0.2) is 4.98 Å². The number of hydrogen-bond donors (Lipinski definition) is 0. The Bertz CT molecular complexity index is 1010. The molecule has 30 heavy (non-hydrogen) atoms. The monoisotopic (exact) mass is 487 g/mol. The van der Waals surface area contributed by atoms with Gasteiger partial charge in [-0.3, -0.25) is 9.69 Å². The van der Waals surface area contributed by atoms with E-state index in [1.165, 1.54) is 11.3 Å². The third-order valence-corrected chi connectivity index (χ3v) is 5.88. The van der Waals surface area contributed by atoms with Crippen molar-refractivity contribution in [2.75, 3.05) is 45.3 Å². The molecular weight excluding hydrogens is 469 g/mol. The smallest absolute Gasteiger partial charge is 0.260 e. The van der Waals surface area contributed by atoms with Gasteiger partial charge in [0.15, 0.2) is 16.6 Å². The summed E-state index contributed by atoms with van der Waals surface area (Å²) in [5.41, 5.74) is 1.19. The fraction of sp³-hybridized carbons (Fsp3) is 0.300. The summed E-state index contributed by atoms with van der Waals surface area (Å²) >= 11 is 13.6. The van der Waals surface area contributed by atoms with E-state index < -0.39 is 0 Å². The Labute approximate surface area is 194 Å². The first-order chi connectivity index (χ1) is 13.9. The van der Waals surface area contributed by atoms with Gasteiger partial charge in [0, 0.05) is 40.8 Å². The van der Waals surface area contributed by atoms with Crippen LogP contribution in [0.25, 0.3) is 10.2 Å². The Morgan fingerprint density at radius 1 is 1.03 bits per heavy atom. The van der Waals surface area contributed by atoms with Crippen LogP contribution in [0.4, 0.5) is 5.13 Å². The molecule has 160 valence electrons. The molecule has 2 heterocycles. The maximum absolute atomic E-state index is 13.3. The molecule has 4 rings (SSSR count). The molecule has 0 atom stereocenters. The quantitative estimate of drug-likeness (QED) is 0.506. The van der Waals surface area contributed by atoms with Gasteiger partial charge in [-0.1, -0.05) is 34.5 Å². The van der Waals surface area contributed by atoms with Crippen LogP contribution in [0.5, 0.6) is 11.5 Å². The van der Waals surface area contributed by atoms with Crippen molar-refractivity contribution in [1.29, 1.82) is 0 Å². The number of anilines is 1. The summed E-state index contributed by atoms with van der Waals surface area (Å²) in [5, 5.41) is 1.43. The van der Waals surface area contributed by atoms with E-state index in [4.69, 9.17) is 37.7 Å². The number of aromatic nitrogens is 1. The molecule has 6 nitrogen and oxygen atoms in total. The van der Waals surface area contributed by atoms with Crippen molar-refractivity contribution < 1.29 is 14.3 Å². The van der Waals surface area contributed by atoms with Crippen molar-refractivity contribution in [3.05, 3.63) is 45.9 Å². The third-order valence-electron chi connectivity index (χ3n) is 4.40. The van der Waals surface area contributed by atoms with Gasteiger partial charge in [0.25, 0.3) is 5.91 Å². The molecule has 0 unspecified atom stereocenters. The largest absolute Gasteiger partial charge is 0.486 e. The summed E-state index contributed by atoms with van der Waals surface area (Å²) in [5.74, 6) is 1.17. The van der Waals surface area contributed by atoms with Gasteiger partial charge in [0.2, 0.25) is 0 Å². The van der Waals surface area contributed by atoms with Crippen LogP contribution in [-0.4, -0.2) is 56.2 Å². The molecule has 0 N–H and O–H groups in total. The number of amides is 1. The Morgan fingerprint density at radius 2 is 1.67 bits per heavy atom. The Morgan fingerprint density at radius 3 is 2.30 bits per heavy atom. The summed E-state index contributed by atoms with van der Waals surface area (Å²) < 4.78 is 12.2. The first-order valence-electron chi connectivity index (χ1n) is 9.03. The minimum atomic E-state index is -0.201. The van der Waals surface area contributed by atoms with E-state index >= 15 is 0 Å². The molecule has 1 aromatic heterocycles. The molecule has 0 spiro atoms. The van der Waals surface area contributed by atoms with Gasteiger partial charge in [-0.2, -0.15) is 0 Å². The normalized spacial score (nSPS) is 12.7. The highest BCUT2D eigenvalue weighted by Crippen LogP contribution is 2.39. The number of ether oxygens (including phenoxy) is 2. The fourth-order valence-corrected chi connectivity index (χ4v) is 4.51. The van der Waals surface area contributed by atoms with Crippen molar-refractivity contribution in [2.24, 2.45) is 0 Å². The number of rotatable bonds is 5. The molecular formula is C20H20Cl3N3O3S. The predicted molar refractivity (Wildman–Crippen MR) is 125 cm³/mol. The Hall–Kier alpha value is -1.77. The average molecular weight is 489 g/mol. The number of hydrogen-bond acceptors (Lipinski definition) is 6. The summed E-state index contributed by atoms with van der Waals surface area (Å²) in [6, 6.07) is 8.61. The van der Waals surface area contributed by atoms with Crippen molar-refractivity contribution in [2.45, 2.75) is 0 Å². The highest BCUT2D eigenvalue weighted by Gasteiger charge is 2.23. The van der Waals surface area contributed by atoms with Crippen molar-refractivity contribution in [3.8, 4) is 11.5 Å². The maximum atomic E-state index is 13.3. The van der Waals surface area contributed by atoms with Crippen LogP contribution in [0.15, 0.2) is 30.3 Å². The van der Waals surface area contributed by atoms with Gasteiger partial charge in [0.05, 0.1) is 10.2 Å². The second-order valence-corrected chi connectivity index (χ2v) is 8.76. The molecule has 2 aromatic carbocycles. The second-order valence-electron chi connectivity index (χ2n) is 6.88. The minimum Gasteiger partial charge on any atom is -0.486 e. The molecule has 1 aliphatic rings. The molecule has 0 aliphatic carbocycles. The number of thiazole rings is 1. The van der Waals surface area contributed by atoms with E-state index in [0.717, 1.165) is 10.2 Å². The van der Waals surface area contributed by atoms with Crippen LogP contribution in [0.3, 0.4) is 0 Å². The van der Waals surface area contributed by atoms with E-state index in [0.29, 0.717) is 58.5 Å². The minimum absolute atomic E-state index is 0. The summed E-state index contributed by atoms with van der Waals surface area (Å²) in [4.78, 5) is 21.7. The maximum Gasteiger partial charge on any atom is 0.260 e. The van der Waals surface area contributed by atoms with Crippen LogP contribution in [0, 0.1) is 0 Å². The van der Waals surface area contributed by atoms with Gasteiger partial charge in [-0.15, -0.1) is 12.4 Å². The number of likely N-dealkylation sites (N-methyl/N-ethyl adjacent to an activating group) is 1. The lowest BCUT2D eigenvalue weighted by Gasteiger charge is -2.22. The van der Waals surface area contributed by atoms with E-state index in [9.17, 15) is 4.79 Å². The molecule has 1 amide bonds. The molecule has 0 saturated carbocycles. The summed E-state index contributed by atoms with van der Waals surface area (Å²) in [6.07, 6.45) is 0. The second kappa shape index (κ2) is 9.58. The van der Waals surface area contributed by atoms with Gasteiger partial charge < -0.3 is 14.4 Å². The average Bonchev–Trinajstić information content (AvgIpc) is 3.07. The van der Waals surface area contributed by atoms with Crippen molar-refractivity contribution in [3.63, 3.8) is 0 Å². The Balaban J connectivity index is 0.00000256. The number of carbonyl (C=O) groups excluding carboxylic acids is 1. The van der Waals surface area contributed by atoms with E-state index in [2.05, 4.69) is 0 Å². The van der Waals surface area contributed by atoms with Crippen LogP contribution in [0.1, 0.15) is 10.4 Å². The van der Waals surface area contributed by atoms with Gasteiger partial charge in [-0.05, 0) is 32.3 Å². The topological polar surface area (TPSA) is 54.9 Å². The molecule has 0 radical (unpaired) electrons. The van der Waals surface area contributed by atoms with E-state index in [1.54, 1.807) is 23.1 Å². The molecule has 3 aromatic rings. The predicted octanol–water partition coefficient (Wildman–Crippen LogP) is 5.00. The number of carbonyl (C=O) groups is 1. The fourth-order valence-electron chi connectivity index (χ4n) is 2.99. The van der Waals surface area contributed by atoms with Crippen LogP contribution in [-0.2, 0) is 0 Å². The molecule has 0 bridgehead atoms. The van der Waals surface area contributed by atoms with Crippen LogP contribution < -0.4 is 14.4 Å². The van der Waals surface area contributed by atoms with Gasteiger partial charge in [0.1, 0.15) is 13.2 Å². The standard InChI is InChI=1S/C20H19Cl2N3O3S.ClH/c1-24(2)3-4-25(19(26)12-7-13(21)9-14(22)8-12)20-23-15-10-16-17(11-18(15)29-20)28-6-5-27-16;/h7-11H,3-6H2,1-2H3;1H. The van der Waals surface area contributed by atoms with Gasteiger partial charge >= 0.3 is 0 Å². The molecule has 1 aliphatic heterocycles. The zero-order chi connectivity index (χ0) is 20.5. The van der Waals surface area contributed by atoms with Crippen molar-refractivity contribution in [1.82, 2.24) is 9.88 Å². The van der Waals surface area contributed by atoms with E-state index in [-0.39, 0.29) is 18.3 Å².